The van der Waals surface area contributed by atoms with Gasteiger partial charge in [-0.25, -0.2) is 0 Å². The number of fused-ring (bicyclic) bond motifs is 5. The van der Waals surface area contributed by atoms with Crippen LogP contribution >= 0.6 is 0 Å². The molecule has 5 N–H and O–H groups in total. The molecule has 178 valence electrons. The van der Waals surface area contributed by atoms with E-state index in [0.717, 1.165) is 51.0 Å². The smallest absolute Gasteiger partial charge is 0.129 e. The van der Waals surface area contributed by atoms with Gasteiger partial charge in [0.1, 0.15) is 6.61 Å². The topological polar surface area (TPSA) is 103 Å². The van der Waals surface area contributed by atoms with Gasteiger partial charge in [0, 0.05) is 30.7 Å². The molecule has 0 amide bonds. The van der Waals surface area contributed by atoms with Crippen molar-refractivity contribution in [3.63, 3.8) is 0 Å². The summed E-state index contributed by atoms with van der Waals surface area (Å²) < 4.78 is 6.16. The average molecular weight is 436 g/mol. The minimum Gasteiger partial charge on any atom is -0.395 e. The summed E-state index contributed by atoms with van der Waals surface area (Å²) >= 11 is 0. The molecule has 0 spiro atoms. The zero-order valence-corrected chi connectivity index (χ0v) is 19.7. The summed E-state index contributed by atoms with van der Waals surface area (Å²) in [6, 6.07) is 0. The fourth-order valence-corrected chi connectivity index (χ4v) is 8.17. The van der Waals surface area contributed by atoms with Crippen LogP contribution in [0.25, 0.3) is 0 Å². The standard InChI is InChI=1S/C25H45N3O3/c1-23-9-7-20(30-14-3-12-26)16-18(23)4-5-22-21(23)8-10-24(2)19(6-11-25(22,24)29)17-28-31-15-13-27/h17-22,29H,3-16,26-27H2,1-2H3/b28-17+/t18-,19-,20+,21+,22-,23+,24-,25+/m1/s1. The van der Waals surface area contributed by atoms with Crippen molar-refractivity contribution in [1.82, 2.24) is 0 Å². The summed E-state index contributed by atoms with van der Waals surface area (Å²) in [5.41, 5.74) is 10.8. The number of oxime groups is 1. The summed E-state index contributed by atoms with van der Waals surface area (Å²) in [5.74, 6) is 2.04. The summed E-state index contributed by atoms with van der Waals surface area (Å²) in [4.78, 5) is 5.28. The third kappa shape index (κ3) is 3.96. The molecule has 0 aromatic rings. The number of hydrogen-bond donors (Lipinski definition) is 3. The van der Waals surface area contributed by atoms with Gasteiger partial charge in [0.15, 0.2) is 0 Å². The lowest BCUT2D eigenvalue weighted by Gasteiger charge is -2.63. The van der Waals surface area contributed by atoms with E-state index in [1.807, 2.05) is 6.21 Å². The van der Waals surface area contributed by atoms with Crippen LogP contribution in [-0.2, 0) is 9.57 Å². The van der Waals surface area contributed by atoms with E-state index in [4.69, 9.17) is 21.0 Å². The van der Waals surface area contributed by atoms with Gasteiger partial charge in [-0.1, -0.05) is 19.0 Å². The monoisotopic (exact) mass is 435 g/mol. The third-order valence-electron chi connectivity index (χ3n) is 10.1. The van der Waals surface area contributed by atoms with Crippen molar-refractivity contribution in [3.05, 3.63) is 0 Å². The number of nitrogens with zero attached hydrogens (tertiary/aromatic N) is 1. The fourth-order valence-electron chi connectivity index (χ4n) is 8.17. The van der Waals surface area contributed by atoms with Crippen molar-refractivity contribution in [2.75, 3.05) is 26.3 Å². The molecule has 4 fully saturated rings. The molecule has 0 bridgehead atoms. The van der Waals surface area contributed by atoms with E-state index in [2.05, 4.69) is 19.0 Å². The van der Waals surface area contributed by atoms with Crippen LogP contribution in [0.15, 0.2) is 5.16 Å². The molecule has 0 unspecified atom stereocenters. The fraction of sp³-hybridized carbons (Fsp3) is 0.960. The number of hydrogen-bond acceptors (Lipinski definition) is 6. The zero-order valence-electron chi connectivity index (χ0n) is 19.7. The normalized spacial score (nSPS) is 47.1. The van der Waals surface area contributed by atoms with Crippen molar-refractivity contribution in [2.24, 2.45) is 51.1 Å². The van der Waals surface area contributed by atoms with Gasteiger partial charge in [-0.15, -0.1) is 0 Å². The summed E-state index contributed by atoms with van der Waals surface area (Å²) in [5, 5.41) is 16.4. The molecule has 0 aromatic heterocycles. The second-order valence-electron chi connectivity index (χ2n) is 11.3. The molecule has 0 aliphatic heterocycles. The zero-order chi connectivity index (χ0) is 22.1. The van der Waals surface area contributed by atoms with Gasteiger partial charge in [0.25, 0.3) is 0 Å². The van der Waals surface area contributed by atoms with Gasteiger partial charge in [0.2, 0.25) is 0 Å². The molecule has 0 radical (unpaired) electrons. The molecular formula is C25H45N3O3. The van der Waals surface area contributed by atoms with E-state index in [1.54, 1.807) is 0 Å². The molecule has 0 heterocycles. The first kappa shape index (κ1) is 23.5. The van der Waals surface area contributed by atoms with Crippen LogP contribution in [0.4, 0.5) is 0 Å². The molecule has 0 saturated heterocycles. The van der Waals surface area contributed by atoms with Gasteiger partial charge in [-0.2, -0.15) is 0 Å². The quantitative estimate of drug-likeness (QED) is 0.308. The molecule has 4 aliphatic carbocycles. The minimum atomic E-state index is -0.580. The first-order valence-electron chi connectivity index (χ1n) is 12.8. The van der Waals surface area contributed by atoms with Crippen LogP contribution in [0.1, 0.15) is 78.1 Å². The lowest BCUT2D eigenvalue weighted by molar-refractivity contribution is -0.207. The highest BCUT2D eigenvalue weighted by atomic mass is 16.6. The van der Waals surface area contributed by atoms with Crippen LogP contribution < -0.4 is 11.5 Å². The second kappa shape index (κ2) is 9.28. The van der Waals surface area contributed by atoms with Crippen LogP contribution in [-0.4, -0.2) is 49.3 Å². The number of aliphatic hydroxyl groups is 1. The highest BCUT2D eigenvalue weighted by Crippen LogP contribution is 2.68. The summed E-state index contributed by atoms with van der Waals surface area (Å²) in [6.45, 7) is 7.28. The predicted molar refractivity (Wildman–Crippen MR) is 124 cm³/mol. The Morgan fingerprint density at radius 1 is 0.968 bits per heavy atom. The molecule has 4 aliphatic rings. The van der Waals surface area contributed by atoms with Crippen molar-refractivity contribution >= 4 is 6.21 Å². The molecule has 31 heavy (non-hydrogen) atoms. The highest BCUT2D eigenvalue weighted by Gasteiger charge is 2.67. The number of ether oxygens (including phenoxy) is 1. The van der Waals surface area contributed by atoms with Crippen molar-refractivity contribution in [2.45, 2.75) is 89.8 Å². The van der Waals surface area contributed by atoms with E-state index in [9.17, 15) is 5.11 Å². The van der Waals surface area contributed by atoms with Crippen LogP contribution in [0.3, 0.4) is 0 Å². The average Bonchev–Trinajstić information content (AvgIpc) is 3.02. The second-order valence-corrected chi connectivity index (χ2v) is 11.3. The maximum Gasteiger partial charge on any atom is 0.129 e. The maximum absolute atomic E-state index is 12.2. The predicted octanol–water partition coefficient (Wildman–Crippen LogP) is 3.46. The molecule has 0 aromatic carbocycles. The Morgan fingerprint density at radius 3 is 2.58 bits per heavy atom. The Hall–Kier alpha value is -0.690. The van der Waals surface area contributed by atoms with E-state index in [-0.39, 0.29) is 11.3 Å². The Kier molecular flexibility index (Phi) is 7.03. The molecule has 6 nitrogen and oxygen atoms in total. The van der Waals surface area contributed by atoms with Gasteiger partial charge < -0.3 is 26.1 Å². The largest absolute Gasteiger partial charge is 0.395 e. The number of nitrogens with two attached hydrogens (primary N) is 2. The van der Waals surface area contributed by atoms with Gasteiger partial charge in [-0.3, -0.25) is 0 Å². The Morgan fingerprint density at radius 2 is 1.81 bits per heavy atom. The molecule has 4 saturated carbocycles. The number of rotatable bonds is 8. The molecule has 6 heteroatoms. The van der Waals surface area contributed by atoms with Crippen molar-refractivity contribution < 1.29 is 14.7 Å². The molecule has 8 atom stereocenters. The van der Waals surface area contributed by atoms with E-state index in [0.29, 0.717) is 43.1 Å². The van der Waals surface area contributed by atoms with E-state index in [1.165, 1.54) is 25.7 Å². The van der Waals surface area contributed by atoms with Crippen molar-refractivity contribution in [1.29, 1.82) is 0 Å². The lowest BCUT2D eigenvalue weighted by atomic mass is 9.43. The lowest BCUT2D eigenvalue weighted by Crippen LogP contribution is -2.62. The molecule has 4 rings (SSSR count). The first-order chi connectivity index (χ1) is 14.9. The van der Waals surface area contributed by atoms with Crippen molar-refractivity contribution in [3.8, 4) is 0 Å². The van der Waals surface area contributed by atoms with Gasteiger partial charge in [0.05, 0.1) is 11.7 Å². The van der Waals surface area contributed by atoms with Gasteiger partial charge in [-0.05, 0) is 93.9 Å². The highest BCUT2D eigenvalue weighted by molar-refractivity contribution is 5.63. The Balaban J connectivity index is 1.46. The van der Waals surface area contributed by atoms with Crippen LogP contribution in [0.2, 0.25) is 0 Å². The Labute approximate surface area is 188 Å². The van der Waals surface area contributed by atoms with Crippen LogP contribution in [0.5, 0.6) is 0 Å². The van der Waals surface area contributed by atoms with E-state index < -0.39 is 5.60 Å². The summed E-state index contributed by atoms with van der Waals surface area (Å²) in [6.07, 6.45) is 13.5. The summed E-state index contributed by atoms with van der Waals surface area (Å²) in [7, 11) is 0. The Bertz CT molecular complexity index is 646. The molecular weight excluding hydrogens is 390 g/mol. The van der Waals surface area contributed by atoms with E-state index >= 15 is 0 Å². The third-order valence-corrected chi connectivity index (χ3v) is 10.1. The minimum absolute atomic E-state index is 0.102. The first-order valence-corrected chi connectivity index (χ1v) is 12.8. The van der Waals surface area contributed by atoms with Gasteiger partial charge >= 0.3 is 0 Å². The SMILES string of the molecule is C[C@]12CC[C@H](OCCCN)C[C@H]1CC[C@@H]1[C@@H]2CC[C@]2(C)[C@@H](/C=N/OCCN)CC[C@]12O. The maximum atomic E-state index is 12.2. The van der Waals surface area contributed by atoms with Crippen LogP contribution in [0, 0.1) is 34.5 Å².